The molecule has 120 valence electrons. The van der Waals surface area contributed by atoms with Crippen molar-refractivity contribution in [3.8, 4) is 17.6 Å². The molecule has 2 aromatic carbocycles. The Morgan fingerprint density at radius 3 is 2.42 bits per heavy atom. The first-order chi connectivity index (χ1) is 11.6. The average Bonchev–Trinajstić information content (AvgIpc) is 2.63. The van der Waals surface area contributed by atoms with Gasteiger partial charge in [-0.2, -0.15) is 0 Å². The molecule has 24 heavy (non-hydrogen) atoms. The van der Waals surface area contributed by atoms with E-state index in [1.165, 1.54) is 0 Å². The maximum atomic E-state index is 11.9. The summed E-state index contributed by atoms with van der Waals surface area (Å²) in [5.74, 6) is 7.67. The number of benzene rings is 2. The van der Waals surface area contributed by atoms with Gasteiger partial charge in [0.25, 0.3) is 0 Å². The zero-order valence-corrected chi connectivity index (χ0v) is 14.0. The Balaban J connectivity index is 1.96. The number of ketones is 1. The zero-order chi connectivity index (χ0) is 17.0. The largest absolute Gasteiger partial charge is 0.497 e. The number of rotatable bonds is 2. The smallest absolute Gasteiger partial charge is 0.156 e. The van der Waals surface area contributed by atoms with Gasteiger partial charge < -0.3 is 4.74 Å². The third kappa shape index (κ3) is 3.41. The van der Waals surface area contributed by atoms with Gasteiger partial charge in [0, 0.05) is 12.0 Å². The van der Waals surface area contributed by atoms with Gasteiger partial charge in [-0.15, -0.1) is 0 Å². The standard InChI is InChI=1S/C22H20O2/c1-22(14-12-17-8-10-20(24-2)11-9-17)15-13-19(23)16-21(22)18-6-4-3-5-7-18/h3-11,16H,13,15H2,1-2H3. The van der Waals surface area contributed by atoms with Gasteiger partial charge >= 0.3 is 0 Å². The molecule has 0 amide bonds. The van der Waals surface area contributed by atoms with Crippen molar-refractivity contribution >= 4 is 11.4 Å². The maximum Gasteiger partial charge on any atom is 0.156 e. The van der Waals surface area contributed by atoms with E-state index in [2.05, 4.69) is 18.8 Å². The minimum absolute atomic E-state index is 0.178. The van der Waals surface area contributed by atoms with Crippen LogP contribution in [0.5, 0.6) is 5.75 Å². The third-order valence-electron chi connectivity index (χ3n) is 4.43. The minimum atomic E-state index is -0.324. The average molecular weight is 316 g/mol. The van der Waals surface area contributed by atoms with Crippen LogP contribution in [0.1, 0.15) is 30.9 Å². The molecule has 0 N–H and O–H groups in total. The zero-order valence-electron chi connectivity index (χ0n) is 14.0. The number of carbonyl (C=O) groups is 1. The predicted octanol–water partition coefficient (Wildman–Crippen LogP) is 4.50. The Kier molecular flexibility index (Phi) is 4.53. The molecule has 2 nitrogen and oxygen atoms in total. The highest BCUT2D eigenvalue weighted by Crippen LogP contribution is 2.41. The van der Waals surface area contributed by atoms with Crippen LogP contribution in [0.15, 0.2) is 60.7 Å². The van der Waals surface area contributed by atoms with E-state index in [0.717, 1.165) is 28.9 Å². The molecule has 3 rings (SSSR count). The molecule has 0 aromatic heterocycles. The van der Waals surface area contributed by atoms with Crippen LogP contribution in [0.4, 0.5) is 0 Å². The van der Waals surface area contributed by atoms with Gasteiger partial charge in [0.2, 0.25) is 0 Å². The highest BCUT2D eigenvalue weighted by Gasteiger charge is 2.32. The number of hydrogen-bond donors (Lipinski definition) is 0. The molecule has 0 aliphatic heterocycles. The lowest BCUT2D eigenvalue weighted by molar-refractivity contribution is -0.115. The van der Waals surface area contributed by atoms with Crippen molar-refractivity contribution in [2.45, 2.75) is 19.8 Å². The summed E-state index contributed by atoms with van der Waals surface area (Å²) in [6.07, 6.45) is 3.06. The Bertz CT molecular complexity index is 820. The van der Waals surface area contributed by atoms with E-state index in [4.69, 9.17) is 4.74 Å². The van der Waals surface area contributed by atoms with Crippen LogP contribution >= 0.6 is 0 Å². The van der Waals surface area contributed by atoms with Crippen molar-refractivity contribution in [1.82, 2.24) is 0 Å². The van der Waals surface area contributed by atoms with Crippen LogP contribution in [0.3, 0.4) is 0 Å². The van der Waals surface area contributed by atoms with Crippen LogP contribution < -0.4 is 4.74 Å². The van der Waals surface area contributed by atoms with Gasteiger partial charge in [-0.05, 0) is 54.8 Å². The maximum absolute atomic E-state index is 11.9. The molecular formula is C22H20O2. The summed E-state index contributed by atoms with van der Waals surface area (Å²) in [6, 6.07) is 17.8. The van der Waals surface area contributed by atoms with Gasteiger partial charge in [0.15, 0.2) is 5.78 Å². The van der Waals surface area contributed by atoms with Gasteiger partial charge in [-0.1, -0.05) is 42.2 Å². The fourth-order valence-electron chi connectivity index (χ4n) is 2.93. The monoisotopic (exact) mass is 316 g/mol. The molecule has 1 atom stereocenters. The Labute approximate surface area is 143 Å². The number of carbonyl (C=O) groups excluding carboxylic acids is 1. The highest BCUT2D eigenvalue weighted by atomic mass is 16.5. The number of allylic oxidation sites excluding steroid dienone is 2. The van der Waals surface area contributed by atoms with E-state index < -0.39 is 0 Å². The third-order valence-corrected chi connectivity index (χ3v) is 4.43. The van der Waals surface area contributed by atoms with Gasteiger partial charge in [0.1, 0.15) is 5.75 Å². The molecule has 2 aromatic rings. The summed E-state index contributed by atoms with van der Waals surface area (Å²) in [7, 11) is 1.65. The summed E-state index contributed by atoms with van der Waals surface area (Å²) >= 11 is 0. The van der Waals surface area contributed by atoms with Crippen molar-refractivity contribution in [2.24, 2.45) is 5.41 Å². The molecule has 0 fully saturated rings. The fourth-order valence-corrected chi connectivity index (χ4v) is 2.93. The van der Waals surface area contributed by atoms with E-state index in [9.17, 15) is 4.79 Å². The first-order valence-electron chi connectivity index (χ1n) is 8.08. The second-order valence-electron chi connectivity index (χ2n) is 6.20. The number of ether oxygens (including phenoxy) is 1. The molecular weight excluding hydrogens is 296 g/mol. The van der Waals surface area contributed by atoms with Crippen LogP contribution in [-0.4, -0.2) is 12.9 Å². The van der Waals surface area contributed by atoms with Crippen molar-refractivity contribution in [3.63, 3.8) is 0 Å². The van der Waals surface area contributed by atoms with E-state index in [-0.39, 0.29) is 11.2 Å². The summed E-state index contributed by atoms with van der Waals surface area (Å²) in [5.41, 5.74) is 2.70. The van der Waals surface area contributed by atoms with Crippen molar-refractivity contribution < 1.29 is 9.53 Å². The predicted molar refractivity (Wildman–Crippen MR) is 96.6 cm³/mol. The van der Waals surface area contributed by atoms with E-state index in [0.29, 0.717) is 6.42 Å². The molecule has 0 saturated carbocycles. The lowest BCUT2D eigenvalue weighted by Crippen LogP contribution is -2.23. The van der Waals surface area contributed by atoms with E-state index >= 15 is 0 Å². The lowest BCUT2D eigenvalue weighted by Gasteiger charge is -2.30. The SMILES string of the molecule is COc1ccc(C#CC2(C)CCC(=O)C=C2c2ccccc2)cc1. The second-order valence-corrected chi connectivity index (χ2v) is 6.20. The van der Waals surface area contributed by atoms with Gasteiger partial charge in [-0.3, -0.25) is 4.79 Å². The van der Waals surface area contributed by atoms with Crippen molar-refractivity contribution in [3.05, 3.63) is 71.8 Å². The summed E-state index contributed by atoms with van der Waals surface area (Å²) < 4.78 is 5.18. The molecule has 0 spiro atoms. The van der Waals surface area contributed by atoms with E-state index in [1.54, 1.807) is 13.2 Å². The normalized spacial score (nSPS) is 19.9. The number of methoxy groups -OCH3 is 1. The van der Waals surface area contributed by atoms with Crippen LogP contribution in [-0.2, 0) is 4.79 Å². The van der Waals surface area contributed by atoms with Gasteiger partial charge in [0.05, 0.1) is 12.5 Å². The highest BCUT2D eigenvalue weighted by molar-refractivity contribution is 6.00. The van der Waals surface area contributed by atoms with E-state index in [1.807, 2.05) is 54.6 Å². The minimum Gasteiger partial charge on any atom is -0.497 e. The molecule has 1 aliphatic rings. The van der Waals surface area contributed by atoms with Crippen LogP contribution in [0, 0.1) is 17.3 Å². The number of hydrogen-bond acceptors (Lipinski definition) is 2. The van der Waals surface area contributed by atoms with Crippen molar-refractivity contribution in [1.29, 1.82) is 0 Å². The second kappa shape index (κ2) is 6.76. The summed E-state index contributed by atoms with van der Waals surface area (Å²) in [6.45, 7) is 2.12. The molecule has 0 radical (unpaired) electrons. The Hall–Kier alpha value is -2.79. The van der Waals surface area contributed by atoms with Gasteiger partial charge in [-0.25, -0.2) is 0 Å². The molecule has 2 heteroatoms. The summed E-state index contributed by atoms with van der Waals surface area (Å²) in [5, 5.41) is 0. The Morgan fingerprint density at radius 2 is 1.75 bits per heavy atom. The fraction of sp³-hybridized carbons (Fsp3) is 0.227. The summed E-state index contributed by atoms with van der Waals surface area (Å²) in [4.78, 5) is 11.9. The molecule has 0 heterocycles. The molecule has 0 saturated heterocycles. The Morgan fingerprint density at radius 1 is 1.04 bits per heavy atom. The first-order valence-corrected chi connectivity index (χ1v) is 8.08. The first kappa shape index (κ1) is 16.1. The van der Waals surface area contributed by atoms with Crippen LogP contribution in [0.2, 0.25) is 0 Å². The quantitative estimate of drug-likeness (QED) is 0.763. The topological polar surface area (TPSA) is 26.3 Å². The molecule has 1 unspecified atom stereocenters. The lowest BCUT2D eigenvalue weighted by atomic mass is 9.71. The van der Waals surface area contributed by atoms with Crippen molar-refractivity contribution in [2.75, 3.05) is 7.11 Å². The van der Waals surface area contributed by atoms with Crippen LogP contribution in [0.25, 0.3) is 5.57 Å². The molecule has 1 aliphatic carbocycles. The molecule has 0 bridgehead atoms.